The number of hydrogen-bond donors (Lipinski definition) is 1. The third-order valence-corrected chi connectivity index (χ3v) is 3.93. The van der Waals surface area contributed by atoms with Crippen LogP contribution in [0.4, 0.5) is 11.4 Å². The van der Waals surface area contributed by atoms with Gasteiger partial charge in [-0.05, 0) is 56.4 Å². The smallest absolute Gasteiger partial charge is 0.305 e. The van der Waals surface area contributed by atoms with E-state index in [0.717, 1.165) is 38.0 Å². The molecule has 0 aromatic heterocycles. The van der Waals surface area contributed by atoms with Gasteiger partial charge in [-0.15, -0.1) is 0 Å². The lowest BCUT2D eigenvalue weighted by Gasteiger charge is -2.33. The second-order valence-electron chi connectivity index (χ2n) is 5.37. The summed E-state index contributed by atoms with van der Waals surface area (Å²) in [5.74, 6) is 0.581. The van der Waals surface area contributed by atoms with Crippen LogP contribution in [0.25, 0.3) is 0 Å². The minimum absolute atomic E-state index is 0.0616. The van der Waals surface area contributed by atoms with Crippen molar-refractivity contribution in [3.63, 3.8) is 0 Å². The first-order valence-corrected chi connectivity index (χ1v) is 7.45. The second-order valence-corrected chi connectivity index (χ2v) is 5.37. The van der Waals surface area contributed by atoms with Crippen molar-refractivity contribution < 1.29 is 9.53 Å². The van der Waals surface area contributed by atoms with E-state index < -0.39 is 0 Å². The fourth-order valence-corrected chi connectivity index (χ4v) is 2.72. The van der Waals surface area contributed by atoms with Gasteiger partial charge in [-0.25, -0.2) is 0 Å². The van der Waals surface area contributed by atoms with E-state index in [-0.39, 0.29) is 5.97 Å². The zero-order valence-corrected chi connectivity index (χ0v) is 12.2. The van der Waals surface area contributed by atoms with E-state index in [1.165, 1.54) is 5.69 Å². The molecule has 110 valence electrons. The predicted octanol–water partition coefficient (Wildman–Crippen LogP) is 2.83. The van der Waals surface area contributed by atoms with Gasteiger partial charge in [0.25, 0.3) is 0 Å². The minimum atomic E-state index is -0.0616. The van der Waals surface area contributed by atoms with Crippen LogP contribution in [-0.4, -0.2) is 25.7 Å². The molecule has 0 aliphatic carbocycles. The normalized spacial score (nSPS) is 16.1. The van der Waals surface area contributed by atoms with E-state index in [4.69, 9.17) is 10.5 Å². The maximum Gasteiger partial charge on any atom is 0.305 e. The number of nitrogens with two attached hydrogens (primary N) is 1. The first-order valence-electron chi connectivity index (χ1n) is 7.45. The van der Waals surface area contributed by atoms with Gasteiger partial charge < -0.3 is 15.4 Å². The standard InChI is InChI=1S/C16H24N2O2/c1-2-20-16(19)8-3-13-9-11-18(12-10-13)15-6-4-14(17)5-7-15/h4-7,13H,2-3,8-12,17H2,1H3. The monoisotopic (exact) mass is 276 g/mol. The van der Waals surface area contributed by atoms with Gasteiger partial charge in [0.1, 0.15) is 0 Å². The summed E-state index contributed by atoms with van der Waals surface area (Å²) in [7, 11) is 0. The molecule has 0 saturated carbocycles. The highest BCUT2D eigenvalue weighted by molar-refractivity contribution is 5.69. The first-order chi connectivity index (χ1) is 9.69. The molecule has 0 bridgehead atoms. The molecule has 0 amide bonds. The number of anilines is 2. The van der Waals surface area contributed by atoms with Crippen LogP contribution in [0.3, 0.4) is 0 Å². The predicted molar refractivity (Wildman–Crippen MR) is 81.7 cm³/mol. The number of nitrogen functional groups attached to an aromatic ring is 1. The molecule has 0 atom stereocenters. The largest absolute Gasteiger partial charge is 0.466 e. The number of piperidine rings is 1. The molecule has 1 aliphatic heterocycles. The number of benzene rings is 1. The molecular weight excluding hydrogens is 252 g/mol. The lowest BCUT2D eigenvalue weighted by molar-refractivity contribution is -0.143. The van der Waals surface area contributed by atoms with Crippen molar-refractivity contribution in [1.82, 2.24) is 0 Å². The van der Waals surface area contributed by atoms with E-state index in [1.807, 2.05) is 19.1 Å². The molecule has 1 aliphatic rings. The Morgan fingerprint density at radius 3 is 2.55 bits per heavy atom. The van der Waals surface area contributed by atoms with Gasteiger partial charge in [-0.2, -0.15) is 0 Å². The Morgan fingerprint density at radius 1 is 1.30 bits per heavy atom. The Hall–Kier alpha value is -1.71. The van der Waals surface area contributed by atoms with Gasteiger partial charge in [-0.3, -0.25) is 4.79 Å². The molecule has 0 radical (unpaired) electrons. The van der Waals surface area contributed by atoms with E-state index in [0.29, 0.717) is 18.9 Å². The molecule has 20 heavy (non-hydrogen) atoms. The van der Waals surface area contributed by atoms with Gasteiger partial charge in [-0.1, -0.05) is 0 Å². The van der Waals surface area contributed by atoms with Crippen LogP contribution in [0.5, 0.6) is 0 Å². The van der Waals surface area contributed by atoms with Crippen LogP contribution in [0.15, 0.2) is 24.3 Å². The molecule has 2 N–H and O–H groups in total. The third-order valence-electron chi connectivity index (χ3n) is 3.93. The van der Waals surface area contributed by atoms with Crippen molar-refractivity contribution >= 4 is 17.3 Å². The molecule has 4 heteroatoms. The van der Waals surface area contributed by atoms with Crippen molar-refractivity contribution in [1.29, 1.82) is 0 Å². The molecule has 4 nitrogen and oxygen atoms in total. The van der Waals surface area contributed by atoms with E-state index in [2.05, 4.69) is 17.0 Å². The van der Waals surface area contributed by atoms with Gasteiger partial charge in [0.2, 0.25) is 0 Å². The highest BCUT2D eigenvalue weighted by atomic mass is 16.5. The average molecular weight is 276 g/mol. The SMILES string of the molecule is CCOC(=O)CCC1CCN(c2ccc(N)cc2)CC1. The fourth-order valence-electron chi connectivity index (χ4n) is 2.72. The maximum absolute atomic E-state index is 11.4. The summed E-state index contributed by atoms with van der Waals surface area (Å²) in [4.78, 5) is 13.7. The molecule has 1 heterocycles. The van der Waals surface area contributed by atoms with Crippen molar-refractivity contribution in [3.05, 3.63) is 24.3 Å². The van der Waals surface area contributed by atoms with Gasteiger partial charge in [0.15, 0.2) is 0 Å². The molecule has 1 aromatic rings. The summed E-state index contributed by atoms with van der Waals surface area (Å²) in [5.41, 5.74) is 7.75. The van der Waals surface area contributed by atoms with Gasteiger partial charge in [0, 0.05) is 30.9 Å². The van der Waals surface area contributed by atoms with Crippen molar-refractivity contribution in [3.8, 4) is 0 Å². The molecule has 1 saturated heterocycles. The Bertz CT molecular complexity index is 423. The highest BCUT2D eigenvalue weighted by Gasteiger charge is 2.20. The Balaban J connectivity index is 1.75. The van der Waals surface area contributed by atoms with E-state index in [9.17, 15) is 4.79 Å². The van der Waals surface area contributed by atoms with Gasteiger partial charge >= 0.3 is 5.97 Å². The molecular formula is C16H24N2O2. The van der Waals surface area contributed by atoms with Crippen LogP contribution < -0.4 is 10.6 Å². The fraction of sp³-hybridized carbons (Fsp3) is 0.562. The third kappa shape index (κ3) is 4.15. The lowest BCUT2D eigenvalue weighted by atomic mass is 9.92. The number of carbonyl (C=O) groups is 1. The van der Waals surface area contributed by atoms with Crippen LogP contribution in [0, 0.1) is 5.92 Å². The number of esters is 1. The lowest BCUT2D eigenvalue weighted by Crippen LogP contribution is -2.33. The van der Waals surface area contributed by atoms with Crippen molar-refractivity contribution in [2.75, 3.05) is 30.3 Å². The summed E-state index contributed by atoms with van der Waals surface area (Å²) in [6.07, 6.45) is 3.79. The quantitative estimate of drug-likeness (QED) is 0.663. The molecule has 0 spiro atoms. The molecule has 1 aromatic carbocycles. The number of carbonyl (C=O) groups excluding carboxylic acids is 1. The maximum atomic E-state index is 11.4. The Kier molecular flexibility index (Phi) is 5.27. The summed E-state index contributed by atoms with van der Waals surface area (Å²) in [6.45, 7) is 4.44. The topological polar surface area (TPSA) is 55.6 Å². The van der Waals surface area contributed by atoms with Crippen LogP contribution in [0.2, 0.25) is 0 Å². The summed E-state index contributed by atoms with van der Waals surface area (Å²) >= 11 is 0. The highest BCUT2D eigenvalue weighted by Crippen LogP contribution is 2.26. The van der Waals surface area contributed by atoms with Crippen LogP contribution in [0.1, 0.15) is 32.6 Å². The molecule has 1 fully saturated rings. The average Bonchev–Trinajstić information content (AvgIpc) is 2.47. The number of rotatable bonds is 5. The summed E-state index contributed by atoms with van der Waals surface area (Å²) in [5, 5.41) is 0. The second kappa shape index (κ2) is 7.17. The van der Waals surface area contributed by atoms with E-state index >= 15 is 0 Å². The van der Waals surface area contributed by atoms with Crippen molar-refractivity contribution in [2.24, 2.45) is 5.92 Å². The minimum Gasteiger partial charge on any atom is -0.466 e. The number of ether oxygens (including phenoxy) is 1. The first kappa shape index (κ1) is 14.7. The summed E-state index contributed by atoms with van der Waals surface area (Å²) < 4.78 is 4.97. The Labute approximate surface area is 120 Å². The zero-order valence-electron chi connectivity index (χ0n) is 12.2. The number of hydrogen-bond acceptors (Lipinski definition) is 4. The van der Waals surface area contributed by atoms with Crippen molar-refractivity contribution in [2.45, 2.75) is 32.6 Å². The number of nitrogens with zero attached hydrogens (tertiary/aromatic N) is 1. The van der Waals surface area contributed by atoms with Crippen LogP contribution >= 0.6 is 0 Å². The summed E-state index contributed by atoms with van der Waals surface area (Å²) in [6, 6.07) is 8.05. The zero-order chi connectivity index (χ0) is 14.4. The van der Waals surface area contributed by atoms with Crippen LogP contribution in [-0.2, 0) is 9.53 Å². The van der Waals surface area contributed by atoms with Gasteiger partial charge in [0.05, 0.1) is 6.61 Å². The van der Waals surface area contributed by atoms with E-state index in [1.54, 1.807) is 0 Å². The molecule has 0 unspecified atom stereocenters. The molecule has 2 rings (SSSR count). The Morgan fingerprint density at radius 2 is 1.95 bits per heavy atom.